The summed E-state index contributed by atoms with van der Waals surface area (Å²) in [6.07, 6.45) is 3.54. The lowest BCUT2D eigenvalue weighted by molar-refractivity contribution is 0.189. The maximum atomic E-state index is 11.6. The first-order valence-electron chi connectivity index (χ1n) is 5.16. The number of hydrogen-bond donors (Lipinski definition) is 2. The van der Waals surface area contributed by atoms with E-state index in [0.717, 1.165) is 19.5 Å². The van der Waals surface area contributed by atoms with Gasteiger partial charge in [0.1, 0.15) is 0 Å². The van der Waals surface area contributed by atoms with Crippen LogP contribution in [0.4, 0.5) is 4.79 Å². The van der Waals surface area contributed by atoms with Crippen LogP contribution in [0.1, 0.15) is 19.3 Å². The minimum Gasteiger partial charge on any atom is -0.332 e. The van der Waals surface area contributed by atoms with Gasteiger partial charge in [0.25, 0.3) is 0 Å². The Morgan fingerprint density at radius 3 is 2.79 bits per heavy atom. The van der Waals surface area contributed by atoms with Crippen molar-refractivity contribution in [3.63, 3.8) is 0 Å². The Bertz CT molecular complexity index is 244. The number of piperidine rings is 1. The molecule has 2 atom stereocenters. The molecule has 0 aromatic carbocycles. The predicted octanol–water partition coefficient (Wildman–Crippen LogP) is 0.326. The number of carbonyl (C=O) groups is 1. The maximum Gasteiger partial charge on any atom is 0.318 e. The summed E-state index contributed by atoms with van der Waals surface area (Å²) in [5.74, 6) is 0. The first-order chi connectivity index (χ1) is 6.36. The molecule has 0 bridgehead atoms. The molecule has 3 rings (SSSR count). The van der Waals surface area contributed by atoms with E-state index in [4.69, 9.17) is 0 Å². The van der Waals surface area contributed by atoms with Crippen molar-refractivity contribution in [2.45, 2.75) is 37.4 Å². The second-order valence-corrected chi connectivity index (χ2v) is 4.25. The highest BCUT2D eigenvalue weighted by Crippen LogP contribution is 2.33. The summed E-state index contributed by atoms with van der Waals surface area (Å²) in [5, 5.41) is 6.37. The molecule has 1 saturated carbocycles. The van der Waals surface area contributed by atoms with Crippen LogP contribution in [0.3, 0.4) is 0 Å². The Morgan fingerprint density at radius 2 is 2.07 bits per heavy atom. The normalized spacial score (nSPS) is 36.0. The fraction of sp³-hybridized carbons (Fsp3) is 0.889. The molecular weight excluding hydrogens is 202 g/mol. The molecular formula is C9H16ClN3O. The minimum atomic E-state index is 0. The fourth-order valence-corrected chi connectivity index (χ4v) is 2.50. The number of fused-ring (bicyclic) bond motifs is 1. The highest BCUT2D eigenvalue weighted by Gasteiger charge is 2.46. The zero-order valence-electron chi connectivity index (χ0n) is 8.03. The van der Waals surface area contributed by atoms with Gasteiger partial charge in [-0.1, -0.05) is 0 Å². The highest BCUT2D eigenvalue weighted by molar-refractivity contribution is 5.85. The molecule has 4 nitrogen and oxygen atoms in total. The molecule has 14 heavy (non-hydrogen) atoms. The number of urea groups is 1. The summed E-state index contributed by atoms with van der Waals surface area (Å²) in [7, 11) is 0. The smallest absolute Gasteiger partial charge is 0.318 e. The van der Waals surface area contributed by atoms with E-state index in [1.54, 1.807) is 0 Å². The van der Waals surface area contributed by atoms with E-state index >= 15 is 0 Å². The van der Waals surface area contributed by atoms with Crippen LogP contribution >= 0.6 is 12.4 Å². The van der Waals surface area contributed by atoms with Gasteiger partial charge in [-0.25, -0.2) is 4.79 Å². The summed E-state index contributed by atoms with van der Waals surface area (Å²) in [6.45, 7) is 2.00. The average Bonchev–Trinajstić information content (AvgIpc) is 2.88. The first kappa shape index (κ1) is 10.1. The molecule has 3 fully saturated rings. The van der Waals surface area contributed by atoms with Crippen molar-refractivity contribution in [3.05, 3.63) is 0 Å². The lowest BCUT2D eigenvalue weighted by Crippen LogP contribution is -2.49. The van der Waals surface area contributed by atoms with Gasteiger partial charge in [-0.05, 0) is 25.8 Å². The third-order valence-corrected chi connectivity index (χ3v) is 3.29. The van der Waals surface area contributed by atoms with E-state index < -0.39 is 0 Å². The van der Waals surface area contributed by atoms with Gasteiger partial charge >= 0.3 is 6.03 Å². The van der Waals surface area contributed by atoms with Gasteiger partial charge in [-0.15, -0.1) is 12.4 Å². The van der Waals surface area contributed by atoms with Gasteiger partial charge in [0.15, 0.2) is 0 Å². The molecule has 2 heterocycles. The first-order valence-corrected chi connectivity index (χ1v) is 5.16. The molecule has 2 amide bonds. The van der Waals surface area contributed by atoms with Gasteiger partial charge in [0.2, 0.25) is 0 Å². The molecule has 2 unspecified atom stereocenters. The molecule has 0 aromatic heterocycles. The zero-order chi connectivity index (χ0) is 8.84. The summed E-state index contributed by atoms with van der Waals surface area (Å²) < 4.78 is 0. The van der Waals surface area contributed by atoms with Crippen molar-refractivity contribution < 1.29 is 4.79 Å². The van der Waals surface area contributed by atoms with Crippen LogP contribution in [-0.2, 0) is 0 Å². The SMILES string of the molecule is Cl.O=C1NC2CNCCC2N1C1CC1. The van der Waals surface area contributed by atoms with Gasteiger partial charge in [0, 0.05) is 12.6 Å². The van der Waals surface area contributed by atoms with Gasteiger partial charge in [0.05, 0.1) is 12.1 Å². The number of halogens is 1. The molecule has 3 aliphatic rings. The van der Waals surface area contributed by atoms with Crippen molar-refractivity contribution in [2.24, 2.45) is 0 Å². The third-order valence-electron chi connectivity index (χ3n) is 3.29. The Labute approximate surface area is 89.8 Å². The van der Waals surface area contributed by atoms with Crippen LogP contribution in [0.2, 0.25) is 0 Å². The number of rotatable bonds is 1. The molecule has 5 heteroatoms. The molecule has 0 radical (unpaired) electrons. The van der Waals surface area contributed by atoms with Crippen LogP contribution in [-0.4, -0.2) is 42.1 Å². The van der Waals surface area contributed by atoms with Crippen LogP contribution in [0, 0.1) is 0 Å². The number of nitrogens with zero attached hydrogens (tertiary/aromatic N) is 1. The topological polar surface area (TPSA) is 44.4 Å². The van der Waals surface area contributed by atoms with Gasteiger partial charge < -0.3 is 15.5 Å². The Morgan fingerprint density at radius 1 is 1.29 bits per heavy atom. The monoisotopic (exact) mass is 217 g/mol. The zero-order valence-corrected chi connectivity index (χ0v) is 8.85. The molecule has 2 aliphatic heterocycles. The number of carbonyl (C=O) groups excluding carboxylic acids is 1. The molecule has 1 aliphatic carbocycles. The maximum absolute atomic E-state index is 11.6. The standard InChI is InChI=1S/C9H15N3O.ClH/c13-9-11-7-5-10-4-3-8(7)12(9)6-1-2-6;/h6-8,10H,1-5H2,(H,11,13);1H. The Balaban J connectivity index is 0.000000750. The van der Waals surface area contributed by atoms with Crippen molar-refractivity contribution in [1.82, 2.24) is 15.5 Å². The molecule has 2 N–H and O–H groups in total. The van der Waals surface area contributed by atoms with Crippen molar-refractivity contribution in [2.75, 3.05) is 13.1 Å². The number of hydrogen-bond acceptors (Lipinski definition) is 2. The fourth-order valence-electron chi connectivity index (χ4n) is 2.50. The Kier molecular flexibility index (Phi) is 2.58. The third kappa shape index (κ3) is 1.46. The van der Waals surface area contributed by atoms with Gasteiger partial charge in [-0.2, -0.15) is 0 Å². The van der Waals surface area contributed by atoms with E-state index in [2.05, 4.69) is 15.5 Å². The van der Waals surface area contributed by atoms with Crippen LogP contribution in [0.25, 0.3) is 0 Å². The number of nitrogens with one attached hydrogen (secondary N) is 2. The Hall–Kier alpha value is -0.480. The average molecular weight is 218 g/mol. The van der Waals surface area contributed by atoms with Crippen LogP contribution in [0.5, 0.6) is 0 Å². The lowest BCUT2D eigenvalue weighted by Gasteiger charge is -2.30. The molecule has 0 aromatic rings. The summed E-state index contributed by atoms with van der Waals surface area (Å²) in [6, 6.07) is 1.57. The van der Waals surface area contributed by atoms with Crippen LogP contribution < -0.4 is 10.6 Å². The molecule has 2 saturated heterocycles. The molecule has 80 valence electrons. The van der Waals surface area contributed by atoms with Crippen molar-refractivity contribution >= 4 is 18.4 Å². The molecule has 0 spiro atoms. The van der Waals surface area contributed by atoms with Crippen molar-refractivity contribution in [3.8, 4) is 0 Å². The quantitative estimate of drug-likeness (QED) is 0.665. The van der Waals surface area contributed by atoms with E-state index in [1.807, 2.05) is 0 Å². The van der Waals surface area contributed by atoms with E-state index in [9.17, 15) is 4.79 Å². The number of amides is 2. The summed E-state index contributed by atoms with van der Waals surface area (Å²) in [5.41, 5.74) is 0. The van der Waals surface area contributed by atoms with Crippen molar-refractivity contribution in [1.29, 1.82) is 0 Å². The largest absolute Gasteiger partial charge is 0.332 e. The second kappa shape index (κ2) is 3.59. The summed E-state index contributed by atoms with van der Waals surface area (Å²) in [4.78, 5) is 13.7. The lowest BCUT2D eigenvalue weighted by atomic mass is 10.0. The van der Waals surface area contributed by atoms with E-state index in [-0.39, 0.29) is 18.4 Å². The van der Waals surface area contributed by atoms with Crippen LogP contribution in [0.15, 0.2) is 0 Å². The summed E-state index contributed by atoms with van der Waals surface area (Å²) >= 11 is 0. The highest BCUT2D eigenvalue weighted by atomic mass is 35.5. The van der Waals surface area contributed by atoms with Gasteiger partial charge in [-0.3, -0.25) is 0 Å². The van der Waals surface area contributed by atoms with E-state index in [0.29, 0.717) is 18.1 Å². The second-order valence-electron chi connectivity index (χ2n) is 4.25. The predicted molar refractivity (Wildman–Crippen MR) is 55.7 cm³/mol. The van der Waals surface area contributed by atoms with E-state index in [1.165, 1.54) is 12.8 Å². The minimum absolute atomic E-state index is 0.